The topological polar surface area (TPSA) is 89.1 Å². The van der Waals surface area contributed by atoms with Crippen molar-refractivity contribution in [1.82, 2.24) is 25.0 Å². The molecule has 0 aromatic carbocycles. The smallest absolute Gasteiger partial charge is 0.257 e. The zero-order valence-electron chi connectivity index (χ0n) is 16.5. The molecule has 0 radical (unpaired) electrons. The van der Waals surface area contributed by atoms with Crippen LogP contribution in [0.3, 0.4) is 0 Å². The molecule has 0 saturated heterocycles. The summed E-state index contributed by atoms with van der Waals surface area (Å²) in [6, 6.07) is 5.59. The number of hydrogen-bond donors (Lipinski definition) is 2. The number of aromatic nitrogens is 3. The van der Waals surface area contributed by atoms with Gasteiger partial charge >= 0.3 is 0 Å². The van der Waals surface area contributed by atoms with Gasteiger partial charge in [-0.2, -0.15) is 5.10 Å². The lowest BCUT2D eigenvalue weighted by atomic mass is 9.80. The molecule has 0 aliphatic heterocycles. The SMILES string of the molecule is CNCC1CCC(c2cc(CN(C)C(=O)c3cccnc3N)n(C)n2)CC1. The molecule has 1 fully saturated rings. The number of nitrogens with zero attached hydrogens (tertiary/aromatic N) is 4. The highest BCUT2D eigenvalue weighted by molar-refractivity contribution is 5.98. The molecule has 27 heavy (non-hydrogen) atoms. The van der Waals surface area contributed by atoms with Gasteiger partial charge in [0, 0.05) is 26.2 Å². The summed E-state index contributed by atoms with van der Waals surface area (Å²) in [4.78, 5) is 18.3. The number of anilines is 1. The van der Waals surface area contributed by atoms with E-state index in [1.807, 2.05) is 18.8 Å². The summed E-state index contributed by atoms with van der Waals surface area (Å²) >= 11 is 0. The van der Waals surface area contributed by atoms with E-state index in [0.717, 1.165) is 23.9 Å². The Bertz CT molecular complexity index is 779. The number of hydrogen-bond acceptors (Lipinski definition) is 5. The Hall–Kier alpha value is -2.41. The second-order valence-electron chi connectivity index (χ2n) is 7.56. The lowest BCUT2D eigenvalue weighted by molar-refractivity contribution is 0.0782. The first-order valence-electron chi connectivity index (χ1n) is 9.63. The summed E-state index contributed by atoms with van der Waals surface area (Å²) in [7, 11) is 5.75. The van der Waals surface area contributed by atoms with Gasteiger partial charge in [-0.1, -0.05) is 0 Å². The highest BCUT2D eigenvalue weighted by Gasteiger charge is 2.25. The molecule has 3 N–H and O–H groups in total. The average Bonchev–Trinajstić information content (AvgIpc) is 3.03. The largest absolute Gasteiger partial charge is 0.383 e. The summed E-state index contributed by atoms with van der Waals surface area (Å²) < 4.78 is 1.89. The molecule has 2 aromatic heterocycles. The van der Waals surface area contributed by atoms with E-state index >= 15 is 0 Å². The molecule has 2 aromatic rings. The van der Waals surface area contributed by atoms with E-state index in [1.54, 1.807) is 30.3 Å². The monoisotopic (exact) mass is 370 g/mol. The predicted molar refractivity (Wildman–Crippen MR) is 106 cm³/mol. The van der Waals surface area contributed by atoms with Gasteiger partial charge in [-0.05, 0) is 63.4 Å². The Morgan fingerprint density at radius 3 is 2.78 bits per heavy atom. The minimum Gasteiger partial charge on any atom is -0.383 e. The molecule has 0 spiro atoms. The minimum atomic E-state index is -0.129. The van der Waals surface area contributed by atoms with Crippen molar-refractivity contribution in [2.45, 2.75) is 38.1 Å². The van der Waals surface area contributed by atoms with Crippen LogP contribution in [0.5, 0.6) is 0 Å². The Morgan fingerprint density at radius 2 is 2.11 bits per heavy atom. The van der Waals surface area contributed by atoms with Crippen molar-refractivity contribution in [1.29, 1.82) is 0 Å². The molecular weight excluding hydrogens is 340 g/mol. The number of pyridine rings is 1. The van der Waals surface area contributed by atoms with Gasteiger partial charge in [-0.25, -0.2) is 4.98 Å². The third kappa shape index (κ3) is 4.47. The maximum atomic E-state index is 12.7. The molecule has 2 heterocycles. The predicted octanol–water partition coefficient (Wildman–Crippen LogP) is 2.16. The molecule has 0 unspecified atom stereocenters. The van der Waals surface area contributed by atoms with Crippen molar-refractivity contribution in [3.63, 3.8) is 0 Å². The van der Waals surface area contributed by atoms with Crippen molar-refractivity contribution >= 4 is 11.7 Å². The fourth-order valence-electron chi connectivity index (χ4n) is 3.95. The van der Waals surface area contributed by atoms with Crippen molar-refractivity contribution in [3.05, 3.63) is 41.3 Å². The second kappa shape index (κ2) is 8.52. The lowest BCUT2D eigenvalue weighted by Crippen LogP contribution is -2.28. The van der Waals surface area contributed by atoms with Crippen LogP contribution >= 0.6 is 0 Å². The number of rotatable bonds is 6. The van der Waals surface area contributed by atoms with Gasteiger partial charge in [-0.15, -0.1) is 0 Å². The van der Waals surface area contributed by atoms with Crippen molar-refractivity contribution in [2.24, 2.45) is 13.0 Å². The molecule has 1 amide bonds. The summed E-state index contributed by atoms with van der Waals surface area (Å²) in [6.45, 7) is 1.59. The quantitative estimate of drug-likeness (QED) is 0.813. The zero-order chi connectivity index (χ0) is 19.4. The summed E-state index contributed by atoms with van der Waals surface area (Å²) in [5.41, 5.74) is 8.45. The molecule has 7 heteroatoms. The standard InChI is InChI=1S/C20H30N6O/c1-22-12-14-6-8-15(9-7-14)18-11-16(26(3)24-18)13-25(2)20(27)17-5-4-10-23-19(17)21/h4-5,10-11,14-15,22H,6-9,12-13H2,1-3H3,(H2,21,23). The van der Waals surface area contributed by atoms with Gasteiger partial charge in [0.25, 0.3) is 5.91 Å². The van der Waals surface area contributed by atoms with Crippen LogP contribution < -0.4 is 11.1 Å². The molecule has 1 aliphatic rings. The fraction of sp³-hybridized carbons (Fsp3) is 0.550. The third-order valence-corrected chi connectivity index (χ3v) is 5.57. The maximum Gasteiger partial charge on any atom is 0.257 e. The number of carbonyl (C=O) groups is 1. The highest BCUT2D eigenvalue weighted by atomic mass is 16.2. The molecule has 7 nitrogen and oxygen atoms in total. The molecule has 0 atom stereocenters. The zero-order valence-corrected chi connectivity index (χ0v) is 16.5. The van der Waals surface area contributed by atoms with Gasteiger partial charge in [0.2, 0.25) is 0 Å². The van der Waals surface area contributed by atoms with E-state index in [4.69, 9.17) is 10.8 Å². The van der Waals surface area contributed by atoms with Crippen molar-refractivity contribution in [2.75, 3.05) is 26.4 Å². The summed E-state index contributed by atoms with van der Waals surface area (Å²) in [5.74, 6) is 1.44. The highest BCUT2D eigenvalue weighted by Crippen LogP contribution is 2.35. The van der Waals surface area contributed by atoms with E-state index in [-0.39, 0.29) is 11.7 Å². The molecule has 1 aliphatic carbocycles. The van der Waals surface area contributed by atoms with E-state index in [0.29, 0.717) is 18.0 Å². The van der Waals surface area contributed by atoms with Crippen LogP contribution in [0.2, 0.25) is 0 Å². The van der Waals surface area contributed by atoms with Crippen LogP contribution in [0.25, 0.3) is 0 Å². The van der Waals surface area contributed by atoms with Crippen LogP contribution in [0, 0.1) is 5.92 Å². The van der Waals surface area contributed by atoms with E-state index in [9.17, 15) is 4.79 Å². The van der Waals surface area contributed by atoms with Gasteiger partial charge in [0.15, 0.2) is 0 Å². The molecule has 1 saturated carbocycles. The fourth-order valence-corrected chi connectivity index (χ4v) is 3.95. The first kappa shape index (κ1) is 19.4. The minimum absolute atomic E-state index is 0.129. The number of nitrogen functional groups attached to an aromatic ring is 1. The summed E-state index contributed by atoms with van der Waals surface area (Å²) in [6.07, 6.45) is 6.45. The number of nitrogens with one attached hydrogen (secondary N) is 1. The number of aryl methyl sites for hydroxylation is 1. The number of carbonyl (C=O) groups excluding carboxylic acids is 1. The molecular formula is C20H30N6O. The number of nitrogens with two attached hydrogens (primary N) is 1. The summed E-state index contributed by atoms with van der Waals surface area (Å²) in [5, 5.41) is 8.02. The van der Waals surface area contributed by atoms with Crippen LogP contribution in [-0.2, 0) is 13.6 Å². The first-order valence-corrected chi connectivity index (χ1v) is 9.63. The molecule has 146 valence electrons. The third-order valence-electron chi connectivity index (χ3n) is 5.57. The Balaban J connectivity index is 1.65. The first-order chi connectivity index (χ1) is 13.0. The van der Waals surface area contributed by atoms with Gasteiger partial charge < -0.3 is 16.0 Å². The van der Waals surface area contributed by atoms with Crippen LogP contribution in [-0.4, -0.2) is 46.2 Å². The van der Waals surface area contributed by atoms with Crippen molar-refractivity contribution < 1.29 is 4.79 Å². The van der Waals surface area contributed by atoms with Crippen LogP contribution in [0.1, 0.15) is 53.3 Å². The normalized spacial score (nSPS) is 19.8. The average molecular weight is 371 g/mol. The van der Waals surface area contributed by atoms with Gasteiger partial charge in [-0.3, -0.25) is 9.48 Å². The Morgan fingerprint density at radius 1 is 1.37 bits per heavy atom. The Kier molecular flexibility index (Phi) is 6.11. The van der Waals surface area contributed by atoms with Crippen molar-refractivity contribution in [3.8, 4) is 0 Å². The maximum absolute atomic E-state index is 12.7. The van der Waals surface area contributed by atoms with E-state index in [1.165, 1.54) is 25.7 Å². The Labute approximate surface area is 160 Å². The lowest BCUT2D eigenvalue weighted by Gasteiger charge is -2.27. The van der Waals surface area contributed by atoms with Gasteiger partial charge in [0.05, 0.1) is 23.5 Å². The van der Waals surface area contributed by atoms with Gasteiger partial charge in [0.1, 0.15) is 5.82 Å². The second-order valence-corrected chi connectivity index (χ2v) is 7.56. The van der Waals surface area contributed by atoms with E-state index in [2.05, 4.69) is 16.4 Å². The van der Waals surface area contributed by atoms with Crippen LogP contribution in [0.15, 0.2) is 24.4 Å². The number of amides is 1. The van der Waals surface area contributed by atoms with Crippen LogP contribution in [0.4, 0.5) is 5.82 Å². The molecule has 0 bridgehead atoms. The van der Waals surface area contributed by atoms with E-state index < -0.39 is 0 Å². The molecule has 3 rings (SSSR count).